The van der Waals surface area contributed by atoms with Gasteiger partial charge in [0.2, 0.25) is 0 Å². The molecule has 0 saturated heterocycles. The van der Waals surface area contributed by atoms with Crippen molar-refractivity contribution >= 4 is 39.9 Å². The molecule has 108 valence electrons. The Bertz CT molecular complexity index is 695. The zero-order valence-corrected chi connectivity index (χ0v) is 14.9. The second-order valence-electron chi connectivity index (χ2n) is 6.04. The highest BCUT2D eigenvalue weighted by Crippen LogP contribution is 2.38. The SMILES string of the molecule is C/C1=C\c2ccccc2N(C(C)(C)I)Cc2ccccc21. The number of hydrogen-bond acceptors (Lipinski definition) is 1. The Kier molecular flexibility index (Phi) is 3.82. The summed E-state index contributed by atoms with van der Waals surface area (Å²) in [6.07, 6.45) is 2.31. The lowest BCUT2D eigenvalue weighted by Gasteiger charge is -2.38. The largest absolute Gasteiger partial charge is 0.353 e. The molecule has 21 heavy (non-hydrogen) atoms. The topological polar surface area (TPSA) is 3.24 Å². The number of allylic oxidation sites excluding steroid dienone is 1. The summed E-state index contributed by atoms with van der Waals surface area (Å²) < 4.78 is 0.0556. The van der Waals surface area contributed by atoms with Gasteiger partial charge < -0.3 is 4.90 Å². The van der Waals surface area contributed by atoms with Crippen molar-refractivity contribution in [3.8, 4) is 0 Å². The Morgan fingerprint density at radius 2 is 1.67 bits per heavy atom. The van der Waals surface area contributed by atoms with E-state index in [9.17, 15) is 0 Å². The van der Waals surface area contributed by atoms with Crippen molar-refractivity contribution in [2.45, 2.75) is 30.9 Å². The Morgan fingerprint density at radius 3 is 2.43 bits per heavy atom. The third-order valence-electron chi connectivity index (χ3n) is 4.01. The number of anilines is 1. The van der Waals surface area contributed by atoms with E-state index in [1.807, 2.05) is 0 Å². The van der Waals surface area contributed by atoms with Crippen molar-refractivity contribution in [3.05, 3.63) is 65.2 Å². The molecule has 1 nitrogen and oxygen atoms in total. The van der Waals surface area contributed by atoms with Gasteiger partial charge in [0.25, 0.3) is 0 Å². The molecular weight excluding hydrogens is 369 g/mol. The molecule has 1 aliphatic rings. The van der Waals surface area contributed by atoms with Crippen molar-refractivity contribution < 1.29 is 0 Å². The maximum absolute atomic E-state index is 2.53. The van der Waals surface area contributed by atoms with Gasteiger partial charge in [0.1, 0.15) is 0 Å². The molecular formula is C19H20IN. The van der Waals surface area contributed by atoms with Crippen LogP contribution in [0.25, 0.3) is 11.6 Å². The van der Waals surface area contributed by atoms with Crippen molar-refractivity contribution in [1.29, 1.82) is 0 Å². The van der Waals surface area contributed by atoms with Gasteiger partial charge in [-0.3, -0.25) is 0 Å². The summed E-state index contributed by atoms with van der Waals surface area (Å²) in [5.74, 6) is 0. The highest BCUT2D eigenvalue weighted by Gasteiger charge is 2.27. The van der Waals surface area contributed by atoms with Gasteiger partial charge in [0.15, 0.2) is 0 Å². The number of fused-ring (bicyclic) bond motifs is 2. The Hall–Kier alpha value is -1.29. The lowest BCUT2D eigenvalue weighted by molar-refractivity contribution is 0.657. The molecule has 0 unspecified atom stereocenters. The zero-order valence-electron chi connectivity index (χ0n) is 12.7. The van der Waals surface area contributed by atoms with Crippen LogP contribution >= 0.6 is 22.6 Å². The van der Waals surface area contributed by atoms with Gasteiger partial charge in [-0.25, -0.2) is 0 Å². The third-order valence-corrected chi connectivity index (χ3v) is 4.59. The number of benzene rings is 2. The van der Waals surface area contributed by atoms with E-state index >= 15 is 0 Å². The maximum Gasteiger partial charge on any atom is 0.0865 e. The quantitative estimate of drug-likeness (QED) is 0.342. The summed E-state index contributed by atoms with van der Waals surface area (Å²) in [7, 11) is 0. The first kappa shape index (κ1) is 14.6. The standard InChI is InChI=1S/C19H20IN/c1-14-12-15-8-5-7-11-18(15)21(19(2,3)20)13-16-9-4-6-10-17(14)16/h4-12H,13H2,1-3H3/b14-12+. The average molecular weight is 389 g/mol. The van der Waals surface area contributed by atoms with Crippen LogP contribution < -0.4 is 4.90 Å². The predicted molar refractivity (Wildman–Crippen MR) is 101 cm³/mol. The number of nitrogens with zero attached hydrogens (tertiary/aromatic N) is 1. The van der Waals surface area contributed by atoms with Crippen molar-refractivity contribution in [1.82, 2.24) is 0 Å². The summed E-state index contributed by atoms with van der Waals surface area (Å²) in [6, 6.07) is 17.4. The van der Waals surface area contributed by atoms with Gasteiger partial charge in [-0.05, 0) is 55.2 Å². The molecule has 0 aliphatic carbocycles. The van der Waals surface area contributed by atoms with Crippen LogP contribution in [0, 0.1) is 0 Å². The minimum Gasteiger partial charge on any atom is -0.353 e. The second kappa shape index (κ2) is 5.48. The first-order valence-electron chi connectivity index (χ1n) is 7.29. The molecule has 0 radical (unpaired) electrons. The molecule has 2 aromatic rings. The van der Waals surface area contributed by atoms with Crippen LogP contribution in [0.5, 0.6) is 0 Å². The van der Waals surface area contributed by atoms with Crippen LogP contribution in [-0.4, -0.2) is 3.55 Å². The molecule has 2 heteroatoms. The lowest BCUT2D eigenvalue weighted by Crippen LogP contribution is -2.39. The minimum atomic E-state index is 0.0556. The van der Waals surface area contributed by atoms with Crippen LogP contribution in [0.15, 0.2) is 48.5 Å². The third kappa shape index (κ3) is 2.86. The average Bonchev–Trinajstić information content (AvgIpc) is 2.43. The molecule has 0 amide bonds. The highest BCUT2D eigenvalue weighted by atomic mass is 127. The summed E-state index contributed by atoms with van der Waals surface area (Å²) in [4.78, 5) is 2.49. The maximum atomic E-state index is 2.53. The van der Waals surface area contributed by atoms with Crippen molar-refractivity contribution in [3.63, 3.8) is 0 Å². The molecule has 0 fully saturated rings. The first-order valence-corrected chi connectivity index (χ1v) is 8.37. The highest BCUT2D eigenvalue weighted by molar-refractivity contribution is 14.1. The van der Waals surface area contributed by atoms with Crippen molar-refractivity contribution in [2.75, 3.05) is 4.90 Å². The first-order chi connectivity index (χ1) is 9.97. The van der Waals surface area contributed by atoms with Gasteiger partial charge in [-0.2, -0.15) is 0 Å². The van der Waals surface area contributed by atoms with Crippen LogP contribution in [0.1, 0.15) is 37.5 Å². The molecule has 0 spiro atoms. The Labute approximate surface area is 140 Å². The van der Waals surface area contributed by atoms with Gasteiger partial charge in [-0.1, -0.05) is 65.1 Å². The molecule has 3 rings (SSSR count). The van der Waals surface area contributed by atoms with E-state index in [-0.39, 0.29) is 3.55 Å². The number of alkyl halides is 1. The van der Waals surface area contributed by atoms with Crippen molar-refractivity contribution in [2.24, 2.45) is 0 Å². The fraction of sp³-hybridized carbons (Fsp3) is 0.263. The Morgan fingerprint density at radius 1 is 1.00 bits per heavy atom. The van der Waals surface area contributed by atoms with Gasteiger partial charge in [0.05, 0.1) is 3.55 Å². The van der Waals surface area contributed by atoms with Crippen LogP contribution in [-0.2, 0) is 6.54 Å². The van der Waals surface area contributed by atoms with Crippen LogP contribution in [0.4, 0.5) is 5.69 Å². The van der Waals surface area contributed by atoms with E-state index in [0.717, 1.165) is 6.54 Å². The lowest BCUT2D eigenvalue weighted by atomic mass is 9.95. The Balaban J connectivity index is 2.26. The number of rotatable bonds is 1. The molecule has 1 heterocycles. The van der Waals surface area contributed by atoms with Gasteiger partial charge in [0, 0.05) is 12.2 Å². The van der Waals surface area contributed by atoms with E-state index in [1.165, 1.54) is 28.0 Å². The normalized spacial score (nSPS) is 17.1. The summed E-state index contributed by atoms with van der Waals surface area (Å²) in [6.45, 7) is 7.69. The number of halogens is 1. The molecule has 0 saturated carbocycles. The zero-order chi connectivity index (χ0) is 15.0. The minimum absolute atomic E-state index is 0.0556. The molecule has 0 aromatic heterocycles. The van der Waals surface area contributed by atoms with E-state index in [1.54, 1.807) is 0 Å². The van der Waals surface area contributed by atoms with E-state index in [4.69, 9.17) is 0 Å². The fourth-order valence-corrected chi connectivity index (χ4v) is 3.37. The van der Waals surface area contributed by atoms with E-state index in [0.29, 0.717) is 0 Å². The monoisotopic (exact) mass is 389 g/mol. The smallest absolute Gasteiger partial charge is 0.0865 e. The molecule has 0 atom stereocenters. The van der Waals surface area contributed by atoms with E-state index in [2.05, 4.69) is 103 Å². The molecule has 2 aromatic carbocycles. The summed E-state index contributed by atoms with van der Waals surface area (Å²) >= 11 is 2.53. The summed E-state index contributed by atoms with van der Waals surface area (Å²) in [5.41, 5.74) is 6.70. The number of hydrogen-bond donors (Lipinski definition) is 0. The van der Waals surface area contributed by atoms with Gasteiger partial charge >= 0.3 is 0 Å². The molecule has 1 aliphatic heterocycles. The predicted octanol–water partition coefficient (Wildman–Crippen LogP) is 5.74. The summed E-state index contributed by atoms with van der Waals surface area (Å²) in [5, 5.41) is 0. The van der Waals surface area contributed by atoms with Crippen LogP contribution in [0.3, 0.4) is 0 Å². The van der Waals surface area contributed by atoms with Gasteiger partial charge in [-0.15, -0.1) is 0 Å². The number of para-hydroxylation sites is 1. The fourth-order valence-electron chi connectivity index (χ4n) is 2.94. The van der Waals surface area contributed by atoms with E-state index < -0.39 is 0 Å². The second-order valence-corrected chi connectivity index (χ2v) is 8.68. The van der Waals surface area contributed by atoms with Crippen LogP contribution in [0.2, 0.25) is 0 Å². The molecule has 0 bridgehead atoms. The molecule has 0 N–H and O–H groups in total.